The number of hydrogen-bond donors (Lipinski definition) is 3. The minimum Gasteiger partial charge on any atom is -0.497 e. The van der Waals surface area contributed by atoms with E-state index in [0.29, 0.717) is 35.2 Å². The molecule has 4 aromatic carbocycles. The lowest BCUT2D eigenvalue weighted by atomic mass is 9.77. The number of nitrogens with one attached hydrogen (secondary N) is 2. The zero-order valence-electron chi connectivity index (χ0n) is 36.4. The molecule has 1 aromatic heterocycles. The highest BCUT2D eigenvalue weighted by molar-refractivity contribution is 8.00. The van der Waals surface area contributed by atoms with Crippen LogP contribution in [0.15, 0.2) is 137 Å². The van der Waals surface area contributed by atoms with E-state index in [9.17, 15) is 24.3 Å². The molecule has 2 fully saturated rings. The summed E-state index contributed by atoms with van der Waals surface area (Å²) in [4.78, 5) is 72.8. The lowest BCUT2D eigenvalue weighted by Crippen LogP contribution is -2.71. The fraction of sp³-hybridized carbons (Fsp3) is 0.292. The second kappa shape index (κ2) is 18.5. The van der Waals surface area contributed by atoms with Gasteiger partial charge in [-0.05, 0) is 48.2 Å². The maximum absolute atomic E-state index is 14.4. The Labute approximate surface area is 384 Å². The van der Waals surface area contributed by atoms with Gasteiger partial charge in [0, 0.05) is 23.1 Å². The maximum Gasteiger partial charge on any atom is 0.355 e. The third kappa shape index (κ3) is 9.22. The lowest BCUT2D eigenvalue weighted by Gasteiger charge is -2.50. The van der Waals surface area contributed by atoms with Gasteiger partial charge in [0.15, 0.2) is 10.8 Å². The first-order valence-corrected chi connectivity index (χ1v) is 22.8. The molecule has 3 aliphatic heterocycles. The molecule has 15 nitrogen and oxygen atoms in total. The third-order valence-corrected chi connectivity index (χ3v) is 13.6. The predicted octanol–water partition coefficient (Wildman–Crippen LogP) is 6.32. The molecule has 336 valence electrons. The molecule has 3 N–H and O–H groups in total. The van der Waals surface area contributed by atoms with E-state index in [1.54, 1.807) is 36.8 Å². The highest BCUT2D eigenvalue weighted by Crippen LogP contribution is 2.44. The Bertz CT molecular complexity index is 2520. The number of carbonyl (C=O) groups is 4. The normalized spacial score (nSPS) is 19.5. The van der Waals surface area contributed by atoms with Crippen molar-refractivity contribution < 1.29 is 48.1 Å². The quantitative estimate of drug-likeness (QED) is 0.0251. The smallest absolute Gasteiger partial charge is 0.355 e. The largest absolute Gasteiger partial charge is 0.497 e. The first-order valence-electron chi connectivity index (χ1n) is 20.9. The molecule has 2 saturated heterocycles. The van der Waals surface area contributed by atoms with Crippen molar-refractivity contribution in [2.24, 2.45) is 5.16 Å². The molecule has 0 spiro atoms. The van der Waals surface area contributed by atoms with Crippen molar-refractivity contribution in [3.63, 3.8) is 0 Å². The topological polar surface area (TPSA) is 178 Å². The Kier molecular flexibility index (Phi) is 12.8. The highest BCUT2D eigenvalue weighted by atomic mass is 32.2. The van der Waals surface area contributed by atoms with Crippen LogP contribution < -0.4 is 15.4 Å². The Morgan fingerprint density at radius 2 is 1.52 bits per heavy atom. The number of quaternary nitrogens is 1. The van der Waals surface area contributed by atoms with Gasteiger partial charge >= 0.3 is 11.9 Å². The second-order valence-corrected chi connectivity index (χ2v) is 18.7. The summed E-state index contributed by atoms with van der Waals surface area (Å²) in [5.41, 5.74) is 1.18. The maximum atomic E-state index is 14.4. The summed E-state index contributed by atoms with van der Waals surface area (Å²) in [6.07, 6.45) is 0.194. The summed E-state index contributed by atoms with van der Waals surface area (Å²) < 4.78 is 11.4. The number of hydrogen-bond acceptors (Lipinski definition) is 13. The van der Waals surface area contributed by atoms with E-state index < -0.39 is 52.4 Å². The lowest BCUT2D eigenvalue weighted by molar-refractivity contribution is -1.06. The van der Waals surface area contributed by atoms with Gasteiger partial charge in [0.05, 0.1) is 21.2 Å². The number of nitrogens with zero attached hydrogens (tertiary/aromatic N) is 4. The number of methoxy groups -OCH3 is 1. The van der Waals surface area contributed by atoms with E-state index in [0.717, 1.165) is 22.3 Å². The fourth-order valence-corrected chi connectivity index (χ4v) is 10.1. The predicted molar refractivity (Wildman–Crippen MR) is 246 cm³/mol. The van der Waals surface area contributed by atoms with Crippen LogP contribution in [0.3, 0.4) is 0 Å². The molecule has 0 aliphatic carbocycles. The average Bonchev–Trinajstić information content (AvgIpc) is 3.94. The molecule has 2 unspecified atom stereocenters. The van der Waals surface area contributed by atoms with Gasteiger partial charge in [-0.2, -0.15) is 9.48 Å². The van der Waals surface area contributed by atoms with E-state index in [1.807, 2.05) is 105 Å². The molecule has 0 saturated carbocycles. The van der Waals surface area contributed by atoms with Crippen molar-refractivity contribution in [2.75, 3.05) is 38.8 Å². The van der Waals surface area contributed by atoms with Crippen molar-refractivity contribution in [2.45, 2.75) is 55.5 Å². The molecule has 3 atom stereocenters. The van der Waals surface area contributed by atoms with Crippen molar-refractivity contribution in [1.82, 2.24) is 15.2 Å². The summed E-state index contributed by atoms with van der Waals surface area (Å²) in [7, 11) is 5.42. The van der Waals surface area contributed by atoms with Gasteiger partial charge < -0.3 is 30.1 Å². The van der Waals surface area contributed by atoms with E-state index >= 15 is 0 Å². The number of carboxylic acid groups (broad SMARTS) is 1. The first kappa shape index (κ1) is 45.1. The molecule has 65 heavy (non-hydrogen) atoms. The minimum absolute atomic E-state index is 0.0488. The van der Waals surface area contributed by atoms with Gasteiger partial charge in [0.2, 0.25) is 5.60 Å². The number of benzene rings is 4. The number of thiazole rings is 1. The monoisotopic (exact) mass is 917 g/mol. The van der Waals surface area contributed by atoms with Crippen LogP contribution in [0.2, 0.25) is 0 Å². The van der Waals surface area contributed by atoms with Gasteiger partial charge in [-0.1, -0.05) is 108 Å². The van der Waals surface area contributed by atoms with E-state index in [1.165, 1.54) is 41.8 Å². The number of β-lactam (4-membered cyclic amide) rings is 1. The molecule has 4 heterocycles. The van der Waals surface area contributed by atoms with Crippen LogP contribution >= 0.6 is 23.1 Å². The number of esters is 1. The van der Waals surface area contributed by atoms with E-state index in [2.05, 4.69) is 15.8 Å². The number of aliphatic carboxylic acids is 1. The zero-order valence-corrected chi connectivity index (χ0v) is 38.1. The number of thioether (sulfide) groups is 1. The number of carbonyl (C=O) groups excluding carboxylic acids is 3. The van der Waals surface area contributed by atoms with Gasteiger partial charge in [-0.3, -0.25) is 14.5 Å². The Morgan fingerprint density at radius 1 is 0.923 bits per heavy atom. The Morgan fingerprint density at radius 3 is 2.06 bits per heavy atom. The number of rotatable bonds is 16. The van der Waals surface area contributed by atoms with Gasteiger partial charge in [0.1, 0.15) is 53.4 Å². The van der Waals surface area contributed by atoms with Crippen LogP contribution in [0.1, 0.15) is 48.2 Å². The number of carboxylic acids is 1. The molecule has 5 aromatic rings. The number of fused-ring (bicyclic) bond motifs is 1. The van der Waals surface area contributed by atoms with Crippen LogP contribution in [0, 0.1) is 0 Å². The summed E-state index contributed by atoms with van der Waals surface area (Å²) in [6, 6.07) is 35.8. The van der Waals surface area contributed by atoms with Gasteiger partial charge in [0.25, 0.3) is 11.8 Å². The number of oxime groups is 1. The molecular weight excluding hydrogens is 869 g/mol. The molecule has 2 amide bonds. The van der Waals surface area contributed by atoms with Crippen LogP contribution in [0.4, 0.5) is 5.13 Å². The van der Waals surface area contributed by atoms with Crippen molar-refractivity contribution in [3.8, 4) is 5.75 Å². The molecule has 17 heteroatoms. The standard InChI is InChI=1S/C48H48N6O9S2/c1-47(2,45(58)59)63-52-38(36-29-65-46(49-36)51-48(31-15-9-6-10-16-31,32-17-11-7-12-18-32)33-19-13-8-14-20-33)41(55)50-39-42(56)53-40(44(57)61-27-30-21-23-34(60-5)24-22-30)35(28-64-43(39)53)37-25-26-54(3,4)62-37/h6-24,29,37,39,43H,25-28H2,1-5H3,(H2-,49,50,51,55,58,59)/p+1/b52-38-/t37-,39?,43?/m0/s1. The second-order valence-electron chi connectivity index (χ2n) is 16.7. The molecule has 0 radical (unpaired) electrons. The zero-order chi connectivity index (χ0) is 45.9. The van der Waals surface area contributed by atoms with Crippen LogP contribution in [0.25, 0.3) is 0 Å². The molecule has 8 rings (SSSR count). The van der Waals surface area contributed by atoms with Gasteiger partial charge in [-0.25, -0.2) is 14.6 Å². The number of ether oxygens (including phenoxy) is 2. The summed E-state index contributed by atoms with van der Waals surface area (Å²) >= 11 is 2.60. The van der Waals surface area contributed by atoms with E-state index in [-0.39, 0.29) is 28.4 Å². The van der Waals surface area contributed by atoms with Crippen molar-refractivity contribution in [1.29, 1.82) is 0 Å². The Balaban J connectivity index is 1.09. The summed E-state index contributed by atoms with van der Waals surface area (Å²) in [5.74, 6) is -2.39. The van der Waals surface area contributed by atoms with Crippen molar-refractivity contribution in [3.05, 3.63) is 160 Å². The number of anilines is 1. The Hall–Kier alpha value is -6.53. The molecule has 3 aliphatic rings. The third-order valence-electron chi connectivity index (χ3n) is 11.5. The van der Waals surface area contributed by atoms with Crippen LogP contribution in [-0.2, 0) is 45.7 Å². The SMILES string of the molecule is COc1ccc(COC(=O)C2=C([C@@H]3CC[N+](C)(C)O3)CSC3C(NC(=O)/C(=N\OC(C)(C)C(=O)O)c4csc(NC(c5ccccc5)(c5ccccc5)c5ccccc5)n4)C(=O)N23)cc1. The van der Waals surface area contributed by atoms with Crippen LogP contribution in [0.5, 0.6) is 5.75 Å². The van der Waals surface area contributed by atoms with Gasteiger partial charge in [-0.15, -0.1) is 23.1 Å². The van der Waals surface area contributed by atoms with Crippen LogP contribution in [-0.4, -0.2) is 106 Å². The number of aromatic nitrogens is 1. The van der Waals surface area contributed by atoms with E-state index in [4.69, 9.17) is 24.1 Å². The average molecular weight is 918 g/mol. The van der Waals surface area contributed by atoms with Crippen molar-refractivity contribution >= 4 is 57.7 Å². The summed E-state index contributed by atoms with van der Waals surface area (Å²) in [5, 5.41) is 21.8. The fourth-order valence-electron chi connectivity index (χ4n) is 7.93. The summed E-state index contributed by atoms with van der Waals surface area (Å²) in [6.45, 7) is 3.25. The minimum atomic E-state index is -1.83. The highest BCUT2D eigenvalue weighted by Gasteiger charge is 2.56. The molecular formula is C48H49N6O9S2+. The number of hydroxylamine groups is 3. The first-order chi connectivity index (χ1) is 31.2. The molecule has 0 bridgehead atoms. The number of amides is 2.